The lowest BCUT2D eigenvalue weighted by Crippen LogP contribution is -2.29. The second kappa shape index (κ2) is 5.37. The summed E-state index contributed by atoms with van der Waals surface area (Å²) in [6, 6.07) is 5.39. The number of carbonyl (C=O) groups is 1. The summed E-state index contributed by atoms with van der Waals surface area (Å²) in [6.45, 7) is 0. The molecule has 4 nitrogen and oxygen atoms in total. The van der Waals surface area contributed by atoms with Crippen LogP contribution in [0.1, 0.15) is 36.2 Å². The van der Waals surface area contributed by atoms with Crippen LogP contribution in [-0.2, 0) is 4.74 Å². The molecule has 0 saturated heterocycles. The average molecular weight is 298 g/mol. The first-order valence-corrected chi connectivity index (χ1v) is 6.36. The Morgan fingerprint density at radius 3 is 2.88 bits per heavy atom. The number of hydrogen-bond donors (Lipinski definition) is 0. The predicted octanol–water partition coefficient (Wildman–Crippen LogP) is 3.28. The smallest absolute Gasteiger partial charge is 0.374 e. The second-order valence-corrected chi connectivity index (χ2v) is 4.85. The number of carbonyl (C=O) groups excluding carboxylic acids is 1. The average Bonchev–Trinajstić information content (AvgIpc) is 2.77. The minimum atomic E-state index is -0.497. The monoisotopic (exact) mass is 297 g/mol. The molecule has 2 atom stereocenters. The molecular weight excluding hydrogens is 286 g/mol. The number of furan rings is 1. The van der Waals surface area contributed by atoms with Gasteiger partial charge in [0, 0.05) is 0 Å². The van der Waals surface area contributed by atoms with Gasteiger partial charge >= 0.3 is 5.97 Å². The molecule has 0 N–H and O–H groups in total. The van der Waals surface area contributed by atoms with Crippen molar-refractivity contribution in [3.63, 3.8) is 0 Å². The van der Waals surface area contributed by atoms with Crippen LogP contribution in [0.5, 0.6) is 0 Å². The summed E-state index contributed by atoms with van der Waals surface area (Å²) in [5.74, 6) is -0.520. The van der Waals surface area contributed by atoms with Crippen molar-refractivity contribution in [1.29, 1.82) is 5.26 Å². The molecule has 0 radical (unpaired) electrons. The topological polar surface area (TPSA) is 63.2 Å². The summed E-state index contributed by atoms with van der Waals surface area (Å²) in [5.41, 5.74) is 0. The molecule has 0 unspecified atom stereocenters. The van der Waals surface area contributed by atoms with Gasteiger partial charge in [-0.2, -0.15) is 5.26 Å². The van der Waals surface area contributed by atoms with Crippen LogP contribution >= 0.6 is 15.9 Å². The van der Waals surface area contributed by atoms with Crippen LogP contribution < -0.4 is 0 Å². The largest absolute Gasteiger partial charge is 0.455 e. The van der Waals surface area contributed by atoms with Gasteiger partial charge in [-0.1, -0.05) is 6.42 Å². The molecule has 2 rings (SSSR count). The Morgan fingerprint density at radius 1 is 1.47 bits per heavy atom. The van der Waals surface area contributed by atoms with Crippen molar-refractivity contribution >= 4 is 21.9 Å². The van der Waals surface area contributed by atoms with E-state index in [0.29, 0.717) is 4.67 Å². The quantitative estimate of drug-likeness (QED) is 0.786. The maximum Gasteiger partial charge on any atom is 0.374 e. The van der Waals surface area contributed by atoms with E-state index in [4.69, 9.17) is 14.4 Å². The molecule has 0 aliphatic heterocycles. The first kappa shape index (κ1) is 12.2. The minimum absolute atomic E-state index is 0.166. The fraction of sp³-hybridized carbons (Fsp3) is 0.500. The second-order valence-electron chi connectivity index (χ2n) is 4.07. The molecular formula is C12H12BrNO3. The molecule has 0 amide bonds. The Labute approximate surface area is 108 Å². The summed E-state index contributed by atoms with van der Waals surface area (Å²) in [6.07, 6.45) is 3.28. The zero-order valence-electron chi connectivity index (χ0n) is 9.19. The molecule has 1 aliphatic carbocycles. The number of halogens is 1. The fourth-order valence-corrected chi connectivity index (χ4v) is 2.31. The van der Waals surface area contributed by atoms with Crippen LogP contribution in [0.15, 0.2) is 21.2 Å². The van der Waals surface area contributed by atoms with Crippen LogP contribution in [0.3, 0.4) is 0 Å². The highest BCUT2D eigenvalue weighted by atomic mass is 79.9. The standard InChI is InChI=1S/C12H12BrNO3/c13-11-6-5-10(16-11)12(15)17-9-4-2-1-3-8(9)7-14/h5-6,8-9H,1-4H2/t8-,9-/m1/s1. The van der Waals surface area contributed by atoms with E-state index < -0.39 is 5.97 Å². The van der Waals surface area contributed by atoms with Gasteiger partial charge in [0.2, 0.25) is 5.76 Å². The molecule has 17 heavy (non-hydrogen) atoms. The molecule has 1 aromatic heterocycles. The Morgan fingerprint density at radius 2 is 2.24 bits per heavy atom. The van der Waals surface area contributed by atoms with Crippen LogP contribution in [0, 0.1) is 17.2 Å². The number of rotatable bonds is 2. The van der Waals surface area contributed by atoms with Gasteiger partial charge in [0.05, 0.1) is 12.0 Å². The molecule has 0 bridgehead atoms. The fourth-order valence-electron chi connectivity index (χ4n) is 2.01. The first-order chi connectivity index (χ1) is 8.20. The van der Waals surface area contributed by atoms with E-state index in [1.807, 2.05) is 0 Å². The molecule has 1 aliphatic rings. The Balaban J connectivity index is 2.00. The number of nitrogens with zero attached hydrogens (tertiary/aromatic N) is 1. The van der Waals surface area contributed by atoms with Crippen LogP contribution in [0.4, 0.5) is 0 Å². The highest BCUT2D eigenvalue weighted by Gasteiger charge is 2.29. The van der Waals surface area contributed by atoms with E-state index in [9.17, 15) is 4.79 Å². The Bertz CT molecular complexity index is 449. The van der Waals surface area contributed by atoms with Gasteiger partial charge in [0.15, 0.2) is 4.67 Å². The van der Waals surface area contributed by atoms with Crippen molar-refractivity contribution in [2.24, 2.45) is 5.92 Å². The lowest BCUT2D eigenvalue weighted by atomic mass is 9.87. The van der Waals surface area contributed by atoms with Crippen molar-refractivity contribution in [2.75, 3.05) is 0 Å². The first-order valence-electron chi connectivity index (χ1n) is 5.56. The summed E-state index contributed by atoms with van der Waals surface area (Å²) in [4.78, 5) is 11.7. The Kier molecular flexibility index (Phi) is 3.85. The normalized spacial score (nSPS) is 24.0. The van der Waals surface area contributed by atoms with E-state index in [2.05, 4.69) is 22.0 Å². The van der Waals surface area contributed by atoms with E-state index in [0.717, 1.165) is 25.7 Å². The summed E-state index contributed by atoms with van der Waals surface area (Å²) in [7, 11) is 0. The third-order valence-electron chi connectivity index (χ3n) is 2.90. The molecule has 1 heterocycles. The molecule has 1 fully saturated rings. The van der Waals surface area contributed by atoms with E-state index in [1.165, 1.54) is 0 Å². The number of ether oxygens (including phenoxy) is 1. The SMILES string of the molecule is N#C[C@H]1CCCC[C@H]1OC(=O)c1ccc(Br)o1. The molecule has 1 aromatic rings. The van der Waals surface area contributed by atoms with Crippen molar-refractivity contribution in [1.82, 2.24) is 0 Å². The number of hydrogen-bond acceptors (Lipinski definition) is 4. The van der Waals surface area contributed by atoms with Gasteiger partial charge in [0.25, 0.3) is 0 Å². The van der Waals surface area contributed by atoms with Crippen molar-refractivity contribution in [3.8, 4) is 6.07 Å². The number of nitriles is 1. The van der Waals surface area contributed by atoms with Crippen molar-refractivity contribution in [2.45, 2.75) is 31.8 Å². The molecule has 90 valence electrons. The summed E-state index contributed by atoms with van der Waals surface area (Å²) < 4.78 is 10.9. The van der Waals surface area contributed by atoms with Crippen molar-refractivity contribution < 1.29 is 13.9 Å². The minimum Gasteiger partial charge on any atom is -0.455 e. The lowest BCUT2D eigenvalue weighted by Gasteiger charge is -2.25. The zero-order valence-corrected chi connectivity index (χ0v) is 10.8. The van der Waals surface area contributed by atoms with Gasteiger partial charge < -0.3 is 9.15 Å². The summed E-state index contributed by atoms with van der Waals surface area (Å²) in [5, 5.41) is 8.98. The van der Waals surface area contributed by atoms with E-state index >= 15 is 0 Å². The zero-order chi connectivity index (χ0) is 12.3. The predicted molar refractivity (Wildman–Crippen MR) is 63.2 cm³/mol. The number of esters is 1. The van der Waals surface area contributed by atoms with Crippen LogP contribution in [0.2, 0.25) is 0 Å². The maximum absolute atomic E-state index is 11.7. The Hall–Kier alpha value is -1.28. The highest BCUT2D eigenvalue weighted by Crippen LogP contribution is 2.27. The highest BCUT2D eigenvalue weighted by molar-refractivity contribution is 9.10. The van der Waals surface area contributed by atoms with Gasteiger partial charge in [-0.05, 0) is 47.3 Å². The molecule has 0 aromatic carbocycles. The molecule has 1 saturated carbocycles. The third-order valence-corrected chi connectivity index (χ3v) is 3.33. The maximum atomic E-state index is 11.7. The lowest BCUT2D eigenvalue weighted by molar-refractivity contribution is 0.00741. The van der Waals surface area contributed by atoms with Crippen LogP contribution in [0.25, 0.3) is 0 Å². The molecule has 5 heteroatoms. The van der Waals surface area contributed by atoms with E-state index in [-0.39, 0.29) is 17.8 Å². The van der Waals surface area contributed by atoms with Crippen molar-refractivity contribution in [3.05, 3.63) is 22.6 Å². The summed E-state index contributed by atoms with van der Waals surface area (Å²) >= 11 is 3.12. The van der Waals surface area contributed by atoms with Crippen LogP contribution in [-0.4, -0.2) is 12.1 Å². The van der Waals surface area contributed by atoms with E-state index in [1.54, 1.807) is 12.1 Å². The molecule has 0 spiro atoms. The van der Waals surface area contributed by atoms with Gasteiger partial charge in [0.1, 0.15) is 6.10 Å². The van der Waals surface area contributed by atoms with Gasteiger partial charge in [-0.15, -0.1) is 0 Å². The van der Waals surface area contributed by atoms with Gasteiger partial charge in [-0.3, -0.25) is 0 Å². The van der Waals surface area contributed by atoms with Gasteiger partial charge in [-0.25, -0.2) is 4.79 Å². The third kappa shape index (κ3) is 2.89.